The summed E-state index contributed by atoms with van der Waals surface area (Å²) in [6.07, 6.45) is 11.9. The monoisotopic (exact) mass is 510 g/mol. The van der Waals surface area contributed by atoms with E-state index < -0.39 is 8.07 Å². The minimum absolute atomic E-state index is 0. The van der Waals surface area contributed by atoms with Gasteiger partial charge in [0.1, 0.15) is 0 Å². The Labute approximate surface area is 213 Å². The van der Waals surface area contributed by atoms with Crippen LogP contribution in [0, 0.1) is 0 Å². The van der Waals surface area contributed by atoms with Crippen LogP contribution in [0.25, 0.3) is 0 Å². The molecule has 0 heterocycles. The van der Waals surface area contributed by atoms with Crippen molar-refractivity contribution in [2.45, 2.75) is 57.0 Å². The summed E-state index contributed by atoms with van der Waals surface area (Å²) in [5.74, 6) is 0. The molecule has 2 aromatic rings. The van der Waals surface area contributed by atoms with Gasteiger partial charge in [0.2, 0.25) is 0 Å². The van der Waals surface area contributed by atoms with Crippen molar-refractivity contribution in [3.8, 4) is 0 Å². The van der Waals surface area contributed by atoms with Crippen LogP contribution in [-0.4, -0.2) is 8.07 Å². The summed E-state index contributed by atoms with van der Waals surface area (Å²) in [5.41, 5.74) is 3.96. The van der Waals surface area contributed by atoms with Crippen LogP contribution in [0.15, 0.2) is 81.4 Å². The first-order chi connectivity index (χ1) is 13.2. The Morgan fingerprint density at radius 1 is 0.833 bits per heavy atom. The average molecular weight is 512 g/mol. The van der Waals surface area contributed by atoms with E-state index in [2.05, 4.69) is 93.7 Å². The molecule has 2 aliphatic rings. The van der Waals surface area contributed by atoms with E-state index in [1.807, 2.05) is 0 Å². The van der Waals surface area contributed by atoms with E-state index in [9.17, 15) is 0 Å². The van der Waals surface area contributed by atoms with E-state index in [4.69, 9.17) is 0 Å². The predicted molar refractivity (Wildman–Crippen MR) is 114 cm³/mol. The number of hydrogen-bond donors (Lipinski definition) is 0. The van der Waals surface area contributed by atoms with Crippen LogP contribution in [0.3, 0.4) is 0 Å². The first kappa shape index (κ1) is 27.8. The van der Waals surface area contributed by atoms with Crippen LogP contribution in [0.4, 0.5) is 0 Å². The average Bonchev–Trinajstić information content (AvgIpc) is 3.10. The predicted octanol–water partition coefficient (Wildman–Crippen LogP) is -2.77. The molecular formula is C25H29Cl3SiTi. The van der Waals surface area contributed by atoms with Crippen molar-refractivity contribution in [1.29, 1.82) is 0 Å². The minimum atomic E-state index is -1.76. The van der Waals surface area contributed by atoms with E-state index in [1.54, 1.807) is 19.8 Å². The van der Waals surface area contributed by atoms with Crippen LogP contribution < -0.4 is 42.4 Å². The molecular weight excluding hydrogens is 483 g/mol. The van der Waals surface area contributed by atoms with Crippen molar-refractivity contribution >= 4 is 13.3 Å². The smallest absolute Gasteiger partial charge is 1.00 e. The molecule has 2 aliphatic carbocycles. The van der Waals surface area contributed by atoms with Gasteiger partial charge >= 0.3 is 178 Å². The minimum Gasteiger partial charge on any atom is -1.00 e. The van der Waals surface area contributed by atoms with E-state index in [1.165, 1.54) is 37.7 Å². The molecule has 30 heavy (non-hydrogen) atoms. The molecule has 1 fully saturated rings. The number of rotatable bonds is 5. The molecule has 1 saturated carbocycles. The molecule has 0 aliphatic heterocycles. The summed E-state index contributed by atoms with van der Waals surface area (Å²) < 4.78 is 1.64. The second kappa shape index (κ2) is 12.7. The second-order valence-electron chi connectivity index (χ2n) is 8.35. The van der Waals surface area contributed by atoms with E-state index in [-0.39, 0.29) is 37.2 Å². The molecule has 0 aromatic heterocycles. The second-order valence-corrected chi connectivity index (χ2v) is 13.6. The van der Waals surface area contributed by atoms with Gasteiger partial charge in [0.25, 0.3) is 0 Å². The summed E-state index contributed by atoms with van der Waals surface area (Å²) in [5, 5.41) is 3.43. The number of allylic oxidation sites excluding steroid dienone is 4. The van der Waals surface area contributed by atoms with Gasteiger partial charge in [0, 0.05) is 0 Å². The largest absolute Gasteiger partial charge is 1.00 e. The zero-order valence-electron chi connectivity index (χ0n) is 17.5. The van der Waals surface area contributed by atoms with E-state index in [0.717, 1.165) is 18.4 Å². The maximum atomic E-state index is 2.68. The first-order valence-electron chi connectivity index (χ1n) is 10.4. The third-order valence-electron chi connectivity index (χ3n) is 6.73. The first-order valence-corrected chi connectivity index (χ1v) is 13.8. The fraction of sp³-hybridized carbons (Fsp3) is 0.360. The summed E-state index contributed by atoms with van der Waals surface area (Å²) in [4.78, 5) is 0. The molecule has 0 radical (unpaired) electrons. The van der Waals surface area contributed by atoms with Crippen LogP contribution in [0.5, 0.6) is 0 Å². The van der Waals surface area contributed by atoms with Crippen molar-refractivity contribution < 1.29 is 57.7 Å². The van der Waals surface area contributed by atoms with Crippen LogP contribution in [0.2, 0.25) is 12.1 Å². The topological polar surface area (TPSA) is 0 Å². The molecule has 5 heteroatoms. The molecule has 0 spiro atoms. The Morgan fingerprint density at radius 3 is 2.00 bits per heavy atom. The van der Waals surface area contributed by atoms with Gasteiger partial charge in [-0.25, -0.2) is 0 Å². The summed E-state index contributed by atoms with van der Waals surface area (Å²) in [6.45, 7) is 2.68. The van der Waals surface area contributed by atoms with Gasteiger partial charge in [-0.05, 0) is 0 Å². The molecule has 1 atom stereocenters. The molecule has 158 valence electrons. The zero-order chi connectivity index (χ0) is 18.7. The molecule has 2 aromatic carbocycles. The van der Waals surface area contributed by atoms with Crippen molar-refractivity contribution in [2.24, 2.45) is 0 Å². The number of hydrogen-bond acceptors (Lipinski definition) is 0. The molecule has 0 saturated heterocycles. The molecule has 0 amide bonds. The Balaban J connectivity index is 0.00000150. The van der Waals surface area contributed by atoms with E-state index in [0.29, 0.717) is 0 Å². The van der Waals surface area contributed by atoms with Gasteiger partial charge < -0.3 is 37.2 Å². The Kier molecular flexibility index (Phi) is 11.7. The van der Waals surface area contributed by atoms with Crippen LogP contribution in [-0.2, 0) is 26.9 Å². The van der Waals surface area contributed by atoms with Gasteiger partial charge in [0.15, 0.2) is 0 Å². The molecule has 4 rings (SSSR count). The fourth-order valence-electron chi connectivity index (χ4n) is 5.29. The van der Waals surface area contributed by atoms with Crippen LogP contribution in [0.1, 0.15) is 44.1 Å². The Bertz CT molecular complexity index is 845. The maximum absolute atomic E-state index is 2.68. The molecule has 0 N–H and O–H groups in total. The number of halogens is 3. The zero-order valence-corrected chi connectivity index (χ0v) is 22.3. The van der Waals surface area contributed by atoms with Crippen LogP contribution >= 0.6 is 0 Å². The van der Waals surface area contributed by atoms with Crippen molar-refractivity contribution in [3.05, 3.63) is 87.0 Å². The third-order valence-corrected chi connectivity index (χ3v) is 13.2. The summed E-state index contributed by atoms with van der Waals surface area (Å²) in [7, 11) is -1.76. The van der Waals surface area contributed by atoms with E-state index >= 15 is 0 Å². The molecule has 1 unspecified atom stereocenters. The van der Waals surface area contributed by atoms with Gasteiger partial charge in [-0.15, -0.1) is 0 Å². The Morgan fingerprint density at radius 2 is 1.40 bits per heavy atom. The van der Waals surface area contributed by atoms with Gasteiger partial charge in [-0.3, -0.25) is 0 Å². The normalized spacial score (nSPS) is 18.4. The Hall–Kier alpha value is -0.279. The third kappa shape index (κ3) is 5.74. The fourth-order valence-corrected chi connectivity index (χ4v) is 12.1. The SMILES string of the molecule is C[Si](C1=[C]([Ti+3])CC=C1Cc1ccccc1)(c1ccccc1)C1CCCCC1.[Cl-].[Cl-].[Cl-]. The van der Waals surface area contributed by atoms with Crippen molar-refractivity contribution in [2.75, 3.05) is 0 Å². The van der Waals surface area contributed by atoms with Gasteiger partial charge in [-0.1, -0.05) is 0 Å². The summed E-state index contributed by atoms with van der Waals surface area (Å²) in [6, 6.07) is 22.6. The summed E-state index contributed by atoms with van der Waals surface area (Å²) >= 11 is 2.40. The van der Waals surface area contributed by atoms with Gasteiger partial charge in [0.05, 0.1) is 0 Å². The molecule has 0 bridgehead atoms. The van der Waals surface area contributed by atoms with Crippen molar-refractivity contribution in [1.82, 2.24) is 0 Å². The van der Waals surface area contributed by atoms with Gasteiger partial charge in [-0.2, -0.15) is 0 Å². The molecule has 0 nitrogen and oxygen atoms in total. The maximum Gasteiger partial charge on any atom is -1.00 e. The van der Waals surface area contributed by atoms with Crippen molar-refractivity contribution in [3.63, 3.8) is 0 Å². The quantitative estimate of drug-likeness (QED) is 0.382. The standard InChI is InChI=1S/C25H29Si.3ClH.Ti/c1-26(23-15-7-3-8-16-23,24-17-9-4-10-18-24)25-19-11-14-22(25)20-21-12-5-2-6-13-21;;;;/h2-3,5-8,12-16,24H,4,9-11,17-18,20H2,1H3;3*1H;/q;;;;+3/p-3. The number of benzene rings is 2.